The normalized spacial score (nSPS) is 17.3. The molecule has 0 aliphatic carbocycles. The highest BCUT2D eigenvalue weighted by Gasteiger charge is 2.22. The van der Waals surface area contributed by atoms with Crippen molar-refractivity contribution >= 4 is 29.9 Å². The van der Waals surface area contributed by atoms with E-state index in [1.54, 1.807) is 6.20 Å². The Morgan fingerprint density at radius 3 is 2.70 bits per heavy atom. The zero-order valence-corrected chi connectivity index (χ0v) is 19.8. The van der Waals surface area contributed by atoms with E-state index in [1.807, 2.05) is 26.0 Å². The number of aromatic nitrogens is 1. The minimum absolute atomic E-state index is 0. The lowest BCUT2D eigenvalue weighted by atomic mass is 10.0. The van der Waals surface area contributed by atoms with Crippen LogP contribution >= 0.6 is 24.0 Å². The summed E-state index contributed by atoms with van der Waals surface area (Å²) in [6, 6.07) is 8.14. The van der Waals surface area contributed by atoms with Gasteiger partial charge in [0, 0.05) is 37.4 Å². The predicted molar refractivity (Wildman–Crippen MR) is 127 cm³/mol. The largest absolute Gasteiger partial charge is 0.357 e. The van der Waals surface area contributed by atoms with E-state index in [2.05, 4.69) is 25.5 Å². The van der Waals surface area contributed by atoms with Gasteiger partial charge in [-0.25, -0.2) is 13.8 Å². The van der Waals surface area contributed by atoms with Gasteiger partial charge in [0.1, 0.15) is 11.6 Å². The van der Waals surface area contributed by atoms with Crippen molar-refractivity contribution in [3.8, 4) is 0 Å². The van der Waals surface area contributed by atoms with Gasteiger partial charge < -0.3 is 10.6 Å². The maximum atomic E-state index is 14.0. The van der Waals surface area contributed by atoms with Crippen molar-refractivity contribution in [2.45, 2.75) is 45.8 Å². The zero-order valence-electron chi connectivity index (χ0n) is 17.5. The minimum atomic E-state index is -0.485. The predicted octanol–water partition coefficient (Wildman–Crippen LogP) is 4.01. The lowest BCUT2D eigenvalue weighted by molar-refractivity contribution is 0.188. The van der Waals surface area contributed by atoms with Crippen LogP contribution in [0.5, 0.6) is 0 Å². The number of halogens is 3. The van der Waals surface area contributed by atoms with E-state index in [0.717, 1.165) is 43.1 Å². The molecule has 1 unspecified atom stereocenters. The van der Waals surface area contributed by atoms with Gasteiger partial charge in [0.05, 0.1) is 12.2 Å². The summed E-state index contributed by atoms with van der Waals surface area (Å²) in [5.74, 6) is -0.233. The number of nitrogens with one attached hydrogen (secondary N) is 2. The highest BCUT2D eigenvalue weighted by atomic mass is 127. The van der Waals surface area contributed by atoms with Crippen molar-refractivity contribution in [2.75, 3.05) is 19.6 Å². The van der Waals surface area contributed by atoms with Gasteiger partial charge in [-0.05, 0) is 57.0 Å². The van der Waals surface area contributed by atoms with Gasteiger partial charge in [0.25, 0.3) is 0 Å². The molecule has 1 fully saturated rings. The van der Waals surface area contributed by atoms with Crippen LogP contribution in [0.1, 0.15) is 36.6 Å². The lowest BCUT2D eigenvalue weighted by Crippen LogP contribution is -2.51. The molecule has 3 rings (SSSR count). The second-order valence-electron chi connectivity index (χ2n) is 7.38. The molecule has 30 heavy (non-hydrogen) atoms. The first kappa shape index (κ1) is 24.5. The molecule has 1 atom stereocenters. The van der Waals surface area contributed by atoms with Crippen LogP contribution in [-0.4, -0.2) is 41.5 Å². The summed E-state index contributed by atoms with van der Waals surface area (Å²) in [6.07, 6.45) is 3.73. The summed E-state index contributed by atoms with van der Waals surface area (Å²) in [5.41, 5.74) is 2.20. The smallest absolute Gasteiger partial charge is 0.191 e. The standard InChI is InChI=1S/C22H29F2N5.HI/c1-3-25-22(27-13-21-16(2)7-5-11-26-21)28-17-8-6-12-29(14-17)15-18-19(23)9-4-10-20(18)24;/h4-5,7,9-11,17H,3,6,8,12-15H2,1-2H3,(H2,25,27,28);1H. The van der Waals surface area contributed by atoms with Crippen molar-refractivity contribution < 1.29 is 8.78 Å². The first-order chi connectivity index (χ1) is 14.1. The van der Waals surface area contributed by atoms with Crippen LogP contribution in [-0.2, 0) is 13.1 Å². The number of pyridine rings is 1. The fourth-order valence-electron chi connectivity index (χ4n) is 3.58. The third kappa shape index (κ3) is 6.87. The van der Waals surface area contributed by atoms with Crippen LogP contribution in [0, 0.1) is 18.6 Å². The van der Waals surface area contributed by atoms with Crippen LogP contribution in [0.3, 0.4) is 0 Å². The van der Waals surface area contributed by atoms with E-state index < -0.39 is 11.6 Å². The molecular weight excluding hydrogens is 499 g/mol. The molecule has 8 heteroatoms. The Kier molecular flexibility index (Phi) is 9.90. The SMILES string of the molecule is CCNC(=NCc1ncccc1C)NC1CCCN(Cc2c(F)cccc2F)C1.I. The summed E-state index contributed by atoms with van der Waals surface area (Å²) in [4.78, 5) is 11.2. The van der Waals surface area contributed by atoms with Crippen molar-refractivity contribution in [2.24, 2.45) is 4.99 Å². The molecule has 0 bridgehead atoms. The second kappa shape index (κ2) is 12.1. The maximum absolute atomic E-state index is 14.0. The molecule has 2 aromatic rings. The van der Waals surface area contributed by atoms with Gasteiger partial charge in [0.2, 0.25) is 0 Å². The van der Waals surface area contributed by atoms with E-state index in [0.29, 0.717) is 13.1 Å². The lowest BCUT2D eigenvalue weighted by Gasteiger charge is -2.34. The first-order valence-corrected chi connectivity index (χ1v) is 10.2. The quantitative estimate of drug-likeness (QED) is 0.338. The van der Waals surface area contributed by atoms with Crippen LogP contribution in [0.15, 0.2) is 41.5 Å². The fraction of sp³-hybridized carbons (Fsp3) is 0.455. The summed E-state index contributed by atoms with van der Waals surface area (Å²) in [6.45, 7) is 7.12. The Labute approximate surface area is 194 Å². The molecule has 1 aliphatic heterocycles. The van der Waals surface area contributed by atoms with Crippen LogP contribution < -0.4 is 10.6 Å². The Morgan fingerprint density at radius 1 is 1.23 bits per heavy atom. The van der Waals surface area contributed by atoms with Gasteiger partial charge in [-0.2, -0.15) is 0 Å². The van der Waals surface area contributed by atoms with Crippen LogP contribution in [0.4, 0.5) is 8.78 Å². The third-order valence-corrected chi connectivity index (χ3v) is 5.14. The first-order valence-electron chi connectivity index (χ1n) is 10.2. The number of rotatable bonds is 6. The van der Waals surface area contributed by atoms with Crippen LogP contribution in [0.2, 0.25) is 0 Å². The fourth-order valence-corrected chi connectivity index (χ4v) is 3.58. The van der Waals surface area contributed by atoms with Gasteiger partial charge in [0.15, 0.2) is 5.96 Å². The average Bonchev–Trinajstić information content (AvgIpc) is 2.71. The van der Waals surface area contributed by atoms with Crippen molar-refractivity contribution in [1.29, 1.82) is 0 Å². The highest BCUT2D eigenvalue weighted by molar-refractivity contribution is 14.0. The molecule has 5 nitrogen and oxygen atoms in total. The molecular formula is C22H30F2IN5. The average molecular weight is 529 g/mol. The molecule has 164 valence electrons. The van der Waals surface area contributed by atoms with Crippen molar-refractivity contribution in [3.63, 3.8) is 0 Å². The molecule has 2 heterocycles. The van der Waals surface area contributed by atoms with E-state index in [9.17, 15) is 8.78 Å². The number of aryl methyl sites for hydroxylation is 1. The Bertz CT molecular complexity index is 826. The molecule has 1 aromatic heterocycles. The summed E-state index contributed by atoms with van der Waals surface area (Å²) in [7, 11) is 0. The van der Waals surface area contributed by atoms with Crippen molar-refractivity contribution in [3.05, 3.63) is 65.0 Å². The summed E-state index contributed by atoms with van der Waals surface area (Å²) < 4.78 is 28.0. The molecule has 2 N–H and O–H groups in total. The number of benzene rings is 1. The Morgan fingerprint density at radius 2 is 2.00 bits per heavy atom. The maximum Gasteiger partial charge on any atom is 0.191 e. The monoisotopic (exact) mass is 529 g/mol. The number of hydrogen-bond donors (Lipinski definition) is 2. The van der Waals surface area contributed by atoms with Gasteiger partial charge in [-0.1, -0.05) is 12.1 Å². The van der Waals surface area contributed by atoms with Crippen molar-refractivity contribution in [1.82, 2.24) is 20.5 Å². The number of guanidine groups is 1. The van der Waals surface area contributed by atoms with Crippen LogP contribution in [0.25, 0.3) is 0 Å². The van der Waals surface area contributed by atoms with Gasteiger partial charge in [-0.15, -0.1) is 24.0 Å². The number of piperidine rings is 1. The van der Waals surface area contributed by atoms with E-state index in [4.69, 9.17) is 0 Å². The Hall–Kier alpha value is -1.81. The van der Waals surface area contributed by atoms with E-state index in [-0.39, 0.29) is 42.1 Å². The van der Waals surface area contributed by atoms with E-state index >= 15 is 0 Å². The van der Waals surface area contributed by atoms with Gasteiger partial charge in [-0.3, -0.25) is 9.88 Å². The third-order valence-electron chi connectivity index (χ3n) is 5.14. The summed E-state index contributed by atoms with van der Waals surface area (Å²) >= 11 is 0. The minimum Gasteiger partial charge on any atom is -0.357 e. The molecule has 1 aromatic carbocycles. The zero-order chi connectivity index (χ0) is 20.6. The van der Waals surface area contributed by atoms with Gasteiger partial charge >= 0.3 is 0 Å². The number of aliphatic imine (C=N–C) groups is 1. The molecule has 1 saturated heterocycles. The molecule has 0 radical (unpaired) electrons. The number of nitrogens with zero attached hydrogens (tertiary/aromatic N) is 3. The second-order valence-corrected chi connectivity index (χ2v) is 7.38. The molecule has 0 spiro atoms. The molecule has 0 amide bonds. The molecule has 1 aliphatic rings. The van der Waals surface area contributed by atoms with E-state index in [1.165, 1.54) is 18.2 Å². The highest BCUT2D eigenvalue weighted by Crippen LogP contribution is 2.18. The summed E-state index contributed by atoms with van der Waals surface area (Å²) in [5, 5.41) is 6.75. The number of likely N-dealkylation sites (tertiary alicyclic amines) is 1. The topological polar surface area (TPSA) is 52.6 Å². The Balaban J connectivity index is 0.00000320. The molecule has 0 saturated carbocycles. The number of hydrogen-bond acceptors (Lipinski definition) is 3.